The molecular formula is C28H38O12. The van der Waals surface area contributed by atoms with Crippen molar-refractivity contribution in [2.24, 2.45) is 29.1 Å². The molecule has 0 aromatic rings. The molecule has 3 fully saturated rings. The third kappa shape index (κ3) is 3.86. The van der Waals surface area contributed by atoms with Crippen molar-refractivity contribution in [2.75, 3.05) is 6.61 Å². The van der Waals surface area contributed by atoms with E-state index in [9.17, 15) is 39.3 Å². The molecule has 10 unspecified atom stereocenters. The molecule has 0 heterocycles. The molecule has 12 nitrogen and oxygen atoms in total. The van der Waals surface area contributed by atoms with Gasteiger partial charge in [-0.1, -0.05) is 26.8 Å². The molecule has 4 aliphatic carbocycles. The van der Waals surface area contributed by atoms with Crippen LogP contribution in [0.15, 0.2) is 11.6 Å². The van der Waals surface area contributed by atoms with Gasteiger partial charge < -0.3 is 34.3 Å². The quantitative estimate of drug-likeness (QED) is 0.308. The lowest BCUT2D eigenvalue weighted by Crippen LogP contribution is -2.68. The van der Waals surface area contributed by atoms with Gasteiger partial charge in [-0.05, 0) is 12.5 Å². The fourth-order valence-electron chi connectivity index (χ4n) is 8.28. The van der Waals surface area contributed by atoms with Crippen molar-refractivity contribution in [1.82, 2.24) is 0 Å². The average molecular weight is 567 g/mol. The standard InChI is InChI=1S/C28H38O12/c1-12-9-18-26(35,21(12)33)10-25(34,11-37-14(3)29)23(39-16(5)31)19-20-24(7,8)28(20,40-17(6)32)22(38-15(4)30)13(2)27(18,19)36/h9,13,18-20,22-23,34-36H,10-11H2,1-8H3. The Hall–Kier alpha value is -2.83. The van der Waals surface area contributed by atoms with Crippen LogP contribution in [-0.2, 0) is 42.9 Å². The normalized spacial score (nSPS) is 44.6. The highest BCUT2D eigenvalue weighted by molar-refractivity contribution is 6.04. The van der Waals surface area contributed by atoms with Crippen LogP contribution in [0.2, 0.25) is 0 Å². The Morgan fingerprint density at radius 2 is 1.48 bits per heavy atom. The van der Waals surface area contributed by atoms with Crippen LogP contribution >= 0.6 is 0 Å². The number of carbonyl (C=O) groups is 5. The first-order valence-electron chi connectivity index (χ1n) is 13.3. The number of Topliss-reactive ketones (excluding diaryl/α,β-unsaturated/α-hetero) is 1. The summed E-state index contributed by atoms with van der Waals surface area (Å²) in [7, 11) is 0. The number of aliphatic hydroxyl groups is 3. The molecule has 0 bridgehead atoms. The van der Waals surface area contributed by atoms with Crippen molar-refractivity contribution in [1.29, 1.82) is 0 Å². The molecule has 0 aromatic carbocycles. The maximum Gasteiger partial charge on any atom is 0.303 e. The fraction of sp³-hybridized carbons (Fsp3) is 0.750. The molecule has 4 aliphatic rings. The van der Waals surface area contributed by atoms with Gasteiger partial charge in [-0.25, -0.2) is 0 Å². The van der Waals surface area contributed by atoms with Gasteiger partial charge in [-0.3, -0.25) is 24.0 Å². The van der Waals surface area contributed by atoms with E-state index in [1.54, 1.807) is 13.8 Å². The van der Waals surface area contributed by atoms with Crippen LogP contribution in [0, 0.1) is 29.1 Å². The Balaban J connectivity index is 2.07. The Morgan fingerprint density at radius 1 is 0.925 bits per heavy atom. The number of carbonyl (C=O) groups excluding carboxylic acids is 5. The lowest BCUT2D eigenvalue weighted by molar-refractivity contribution is -0.250. The van der Waals surface area contributed by atoms with Crippen molar-refractivity contribution in [2.45, 2.75) is 96.4 Å². The van der Waals surface area contributed by atoms with E-state index >= 15 is 0 Å². The van der Waals surface area contributed by atoms with Gasteiger partial charge in [0.2, 0.25) is 0 Å². The van der Waals surface area contributed by atoms with Crippen LogP contribution in [0.5, 0.6) is 0 Å². The highest BCUT2D eigenvalue weighted by atomic mass is 16.6. The van der Waals surface area contributed by atoms with Crippen molar-refractivity contribution in [3.05, 3.63) is 11.6 Å². The molecule has 0 saturated heterocycles. The van der Waals surface area contributed by atoms with E-state index in [0.29, 0.717) is 0 Å². The molecule has 0 spiro atoms. The summed E-state index contributed by atoms with van der Waals surface area (Å²) >= 11 is 0. The first kappa shape index (κ1) is 30.1. The summed E-state index contributed by atoms with van der Waals surface area (Å²) in [5.41, 5.74) is -9.34. The van der Waals surface area contributed by atoms with E-state index in [1.165, 1.54) is 33.8 Å². The molecule has 12 heteroatoms. The maximum absolute atomic E-state index is 13.5. The van der Waals surface area contributed by atoms with Crippen molar-refractivity contribution >= 4 is 29.7 Å². The maximum atomic E-state index is 13.5. The van der Waals surface area contributed by atoms with E-state index in [1.807, 2.05) is 0 Å². The zero-order chi connectivity index (χ0) is 30.4. The molecule has 4 rings (SSSR count). The summed E-state index contributed by atoms with van der Waals surface area (Å²) in [5, 5.41) is 37.0. The van der Waals surface area contributed by atoms with E-state index in [2.05, 4.69) is 0 Å². The van der Waals surface area contributed by atoms with Crippen LogP contribution in [0.1, 0.15) is 61.8 Å². The SMILES string of the molecule is CC(=O)OCC1(O)CC2(O)C(=O)C(C)=CC2C2(O)C(C)C(OC(C)=O)C3(OC(C)=O)C(C2C1OC(C)=O)C3(C)C. The first-order valence-corrected chi connectivity index (χ1v) is 13.3. The molecule has 3 N–H and O–H groups in total. The molecule has 0 aliphatic heterocycles. The zero-order valence-corrected chi connectivity index (χ0v) is 24.0. The van der Waals surface area contributed by atoms with Gasteiger partial charge in [0.05, 0.1) is 5.60 Å². The summed E-state index contributed by atoms with van der Waals surface area (Å²) < 4.78 is 22.5. The minimum absolute atomic E-state index is 0.128. The second-order valence-electron chi connectivity index (χ2n) is 12.5. The van der Waals surface area contributed by atoms with Crippen LogP contribution in [0.25, 0.3) is 0 Å². The van der Waals surface area contributed by atoms with E-state index in [0.717, 1.165) is 13.8 Å². The minimum atomic E-state index is -2.41. The van der Waals surface area contributed by atoms with Gasteiger partial charge in [-0.15, -0.1) is 0 Å². The van der Waals surface area contributed by atoms with Crippen molar-refractivity contribution in [3.63, 3.8) is 0 Å². The third-order valence-electron chi connectivity index (χ3n) is 9.70. The molecule has 10 atom stereocenters. The van der Waals surface area contributed by atoms with Crippen LogP contribution in [0.4, 0.5) is 0 Å². The highest BCUT2D eigenvalue weighted by Gasteiger charge is 2.90. The number of esters is 4. The predicted octanol–water partition coefficient (Wildman–Crippen LogP) is 0.379. The number of rotatable bonds is 5. The van der Waals surface area contributed by atoms with Crippen LogP contribution in [-0.4, -0.2) is 86.2 Å². The molecule has 0 amide bonds. The second-order valence-corrected chi connectivity index (χ2v) is 12.5. The fourth-order valence-corrected chi connectivity index (χ4v) is 8.28. The third-order valence-corrected chi connectivity index (χ3v) is 9.70. The Bertz CT molecular complexity index is 1210. The van der Waals surface area contributed by atoms with Gasteiger partial charge in [0.25, 0.3) is 0 Å². The summed E-state index contributed by atoms with van der Waals surface area (Å²) in [6.07, 6.45) is -2.22. The number of hydrogen-bond acceptors (Lipinski definition) is 12. The summed E-state index contributed by atoms with van der Waals surface area (Å²) in [4.78, 5) is 62.6. The Labute approximate surface area is 232 Å². The largest absolute Gasteiger partial charge is 0.463 e. The van der Waals surface area contributed by atoms with Crippen LogP contribution in [0.3, 0.4) is 0 Å². The molecular weight excluding hydrogens is 528 g/mol. The van der Waals surface area contributed by atoms with Gasteiger partial charge in [-0.2, -0.15) is 0 Å². The molecule has 3 saturated carbocycles. The number of ether oxygens (including phenoxy) is 4. The smallest absolute Gasteiger partial charge is 0.303 e. The summed E-state index contributed by atoms with van der Waals surface area (Å²) in [6.45, 7) is 10.2. The van der Waals surface area contributed by atoms with Gasteiger partial charge in [0.15, 0.2) is 11.4 Å². The number of fused-ring (bicyclic) bond motifs is 5. The number of ketones is 1. The zero-order valence-electron chi connectivity index (χ0n) is 24.0. The molecule has 222 valence electrons. The van der Waals surface area contributed by atoms with Crippen LogP contribution < -0.4 is 0 Å². The van der Waals surface area contributed by atoms with Gasteiger partial charge in [0, 0.05) is 63.2 Å². The lowest BCUT2D eigenvalue weighted by atomic mass is 9.58. The number of hydrogen-bond donors (Lipinski definition) is 3. The average Bonchev–Trinajstić information content (AvgIpc) is 3.21. The summed E-state index contributed by atoms with van der Waals surface area (Å²) in [5.74, 6) is -8.49. The van der Waals surface area contributed by atoms with Crippen molar-refractivity contribution in [3.8, 4) is 0 Å². The Morgan fingerprint density at radius 3 is 1.98 bits per heavy atom. The van der Waals surface area contributed by atoms with E-state index in [-0.39, 0.29) is 5.57 Å². The van der Waals surface area contributed by atoms with Gasteiger partial charge >= 0.3 is 23.9 Å². The summed E-state index contributed by atoms with van der Waals surface area (Å²) in [6, 6.07) is 0. The van der Waals surface area contributed by atoms with Gasteiger partial charge in [0.1, 0.15) is 30.0 Å². The van der Waals surface area contributed by atoms with E-state index < -0.39 is 106 Å². The molecule has 40 heavy (non-hydrogen) atoms. The van der Waals surface area contributed by atoms with Crippen molar-refractivity contribution < 1.29 is 58.2 Å². The highest BCUT2D eigenvalue weighted by Crippen LogP contribution is 2.78. The monoisotopic (exact) mass is 566 g/mol. The topological polar surface area (TPSA) is 183 Å². The first-order chi connectivity index (χ1) is 18.2. The van der Waals surface area contributed by atoms with E-state index in [4.69, 9.17) is 18.9 Å². The molecule has 0 radical (unpaired) electrons. The minimum Gasteiger partial charge on any atom is -0.463 e. The second kappa shape index (κ2) is 9.09. The molecule has 0 aromatic heterocycles. The Kier molecular flexibility index (Phi) is 6.85. The lowest BCUT2D eigenvalue weighted by Gasteiger charge is -2.54. The predicted molar refractivity (Wildman–Crippen MR) is 134 cm³/mol.